The molecule has 0 saturated carbocycles. The largest absolute Gasteiger partial charge is 0.399 e. The standard InChI is InChI=1S/C36H51NSi2/c1-24(2)38(25(3)4,26(5)6)21-19-34-31-15-13-14-16-32(31)35(36-23-30(37)17-18-33(34)36)20-22-39(27(7)8,28(9)10)29(11)12/h13-18,23-29H,37H2,1-12H3. The summed E-state index contributed by atoms with van der Waals surface area (Å²) in [6, 6.07) is 15.1. The summed E-state index contributed by atoms with van der Waals surface area (Å²) in [5.74, 6) is 7.63. The molecule has 2 N–H and O–H groups in total. The molecule has 0 unspecified atom stereocenters. The third kappa shape index (κ3) is 5.46. The fourth-order valence-corrected chi connectivity index (χ4v) is 18.1. The van der Waals surface area contributed by atoms with E-state index in [9.17, 15) is 0 Å². The molecule has 0 atom stereocenters. The molecule has 0 spiro atoms. The maximum atomic E-state index is 6.41. The van der Waals surface area contributed by atoms with Gasteiger partial charge in [-0.2, -0.15) is 0 Å². The van der Waals surface area contributed by atoms with Gasteiger partial charge in [0.1, 0.15) is 16.1 Å². The lowest BCUT2D eigenvalue weighted by molar-refractivity contribution is 0.838. The number of rotatable bonds is 6. The summed E-state index contributed by atoms with van der Waals surface area (Å²) in [5.41, 5.74) is 20.9. The molecule has 1 nitrogen and oxygen atoms in total. The maximum absolute atomic E-state index is 6.41. The molecule has 0 bridgehead atoms. The van der Waals surface area contributed by atoms with Gasteiger partial charge in [-0.05, 0) is 61.5 Å². The van der Waals surface area contributed by atoms with Gasteiger partial charge in [0, 0.05) is 22.2 Å². The van der Waals surface area contributed by atoms with Crippen LogP contribution in [0.3, 0.4) is 0 Å². The molecular formula is C36H51NSi2. The molecule has 0 fully saturated rings. The van der Waals surface area contributed by atoms with E-state index in [1.54, 1.807) is 0 Å². The molecule has 3 aromatic carbocycles. The summed E-state index contributed by atoms with van der Waals surface area (Å²) in [4.78, 5) is 0. The first-order valence-electron chi connectivity index (χ1n) is 15.0. The fraction of sp³-hybridized carbons (Fsp3) is 0.500. The second kappa shape index (κ2) is 12.0. The molecule has 0 amide bonds. The molecule has 0 aliphatic heterocycles. The van der Waals surface area contributed by atoms with Gasteiger partial charge in [-0.25, -0.2) is 0 Å². The minimum Gasteiger partial charge on any atom is -0.399 e. The topological polar surface area (TPSA) is 26.0 Å². The van der Waals surface area contributed by atoms with Gasteiger partial charge in [0.2, 0.25) is 0 Å². The Morgan fingerprint density at radius 1 is 0.487 bits per heavy atom. The summed E-state index contributed by atoms with van der Waals surface area (Å²) in [6.45, 7) is 28.5. The quantitative estimate of drug-likeness (QED) is 0.140. The average molecular weight is 554 g/mol. The lowest BCUT2D eigenvalue weighted by Gasteiger charge is -2.38. The Morgan fingerprint density at radius 2 is 0.821 bits per heavy atom. The van der Waals surface area contributed by atoms with Crippen LogP contribution in [-0.2, 0) is 0 Å². The Labute approximate surface area is 241 Å². The molecule has 0 heterocycles. The highest BCUT2D eigenvalue weighted by atomic mass is 28.3. The van der Waals surface area contributed by atoms with E-state index in [1.165, 1.54) is 16.2 Å². The zero-order chi connectivity index (χ0) is 29.3. The minimum atomic E-state index is -1.90. The van der Waals surface area contributed by atoms with Crippen LogP contribution in [0.25, 0.3) is 21.5 Å². The van der Waals surface area contributed by atoms with E-state index in [-0.39, 0.29) is 0 Å². The van der Waals surface area contributed by atoms with Crippen molar-refractivity contribution in [2.75, 3.05) is 5.73 Å². The number of hydrogen-bond acceptors (Lipinski definition) is 1. The van der Waals surface area contributed by atoms with Crippen LogP contribution in [0.2, 0.25) is 33.2 Å². The molecule has 39 heavy (non-hydrogen) atoms. The minimum absolute atomic E-state index is 0.582. The number of hydrogen-bond donors (Lipinski definition) is 1. The first-order chi connectivity index (χ1) is 18.2. The van der Waals surface area contributed by atoms with Gasteiger partial charge in [-0.15, -0.1) is 11.1 Å². The van der Waals surface area contributed by atoms with Crippen LogP contribution >= 0.6 is 0 Å². The van der Waals surface area contributed by atoms with Crippen molar-refractivity contribution in [2.24, 2.45) is 0 Å². The first kappa shape index (κ1) is 31.1. The van der Waals surface area contributed by atoms with E-state index >= 15 is 0 Å². The van der Waals surface area contributed by atoms with Crippen LogP contribution in [0.5, 0.6) is 0 Å². The number of fused-ring (bicyclic) bond motifs is 2. The van der Waals surface area contributed by atoms with E-state index < -0.39 is 16.1 Å². The molecule has 0 radical (unpaired) electrons. The Balaban J connectivity index is 2.49. The molecule has 0 aliphatic rings. The number of anilines is 1. The number of benzene rings is 3. The van der Waals surface area contributed by atoms with Crippen LogP contribution in [0, 0.1) is 22.9 Å². The van der Waals surface area contributed by atoms with E-state index in [4.69, 9.17) is 5.73 Å². The average Bonchev–Trinajstić information content (AvgIpc) is 2.84. The van der Waals surface area contributed by atoms with Crippen molar-refractivity contribution in [3.05, 3.63) is 53.6 Å². The normalized spacial score (nSPS) is 12.7. The van der Waals surface area contributed by atoms with Gasteiger partial charge < -0.3 is 5.73 Å². The number of nitrogens with two attached hydrogens (primary N) is 1. The smallest absolute Gasteiger partial charge is 0.146 e. The molecule has 0 aliphatic carbocycles. The van der Waals surface area contributed by atoms with Gasteiger partial charge in [-0.1, -0.05) is 125 Å². The Bertz CT molecular complexity index is 1410. The van der Waals surface area contributed by atoms with Crippen LogP contribution in [0.1, 0.15) is 94.2 Å². The predicted octanol–water partition coefficient (Wildman–Crippen LogP) is 10.7. The molecule has 0 saturated heterocycles. The van der Waals surface area contributed by atoms with Gasteiger partial charge in [0.25, 0.3) is 0 Å². The highest BCUT2D eigenvalue weighted by Crippen LogP contribution is 2.43. The van der Waals surface area contributed by atoms with Crippen molar-refractivity contribution in [1.82, 2.24) is 0 Å². The fourth-order valence-electron chi connectivity index (χ4n) is 7.67. The molecule has 0 aromatic heterocycles. The molecular weight excluding hydrogens is 503 g/mol. The van der Waals surface area contributed by atoms with E-state index in [2.05, 4.69) is 142 Å². The van der Waals surface area contributed by atoms with Crippen molar-refractivity contribution in [1.29, 1.82) is 0 Å². The van der Waals surface area contributed by atoms with Crippen LogP contribution in [0.4, 0.5) is 5.69 Å². The SMILES string of the molecule is CC(C)[Si](C#Cc1c2ccccc2c(C#C[Si](C(C)C)(C(C)C)C(C)C)c2cc(N)ccc12)(C(C)C)C(C)C. The number of nitrogen functional groups attached to an aromatic ring is 1. The van der Waals surface area contributed by atoms with Crippen LogP contribution in [-0.4, -0.2) is 16.1 Å². The van der Waals surface area contributed by atoms with Crippen molar-refractivity contribution >= 4 is 43.4 Å². The van der Waals surface area contributed by atoms with Gasteiger partial charge in [0.15, 0.2) is 0 Å². The van der Waals surface area contributed by atoms with Gasteiger partial charge in [0.05, 0.1) is 0 Å². The van der Waals surface area contributed by atoms with Gasteiger partial charge >= 0.3 is 0 Å². The summed E-state index contributed by atoms with van der Waals surface area (Å²) < 4.78 is 0. The predicted molar refractivity (Wildman–Crippen MR) is 182 cm³/mol. The van der Waals surface area contributed by atoms with Crippen molar-refractivity contribution in [2.45, 2.75) is 116 Å². The molecule has 208 valence electrons. The second-order valence-electron chi connectivity index (χ2n) is 13.4. The summed E-state index contributed by atoms with van der Waals surface area (Å²) in [7, 11) is -3.80. The van der Waals surface area contributed by atoms with Crippen molar-refractivity contribution < 1.29 is 0 Å². The second-order valence-corrected chi connectivity index (χ2v) is 24.6. The summed E-state index contributed by atoms with van der Waals surface area (Å²) in [5, 5.41) is 4.70. The Kier molecular flexibility index (Phi) is 9.52. The summed E-state index contributed by atoms with van der Waals surface area (Å²) >= 11 is 0. The van der Waals surface area contributed by atoms with Crippen molar-refractivity contribution in [3.8, 4) is 22.9 Å². The van der Waals surface area contributed by atoms with Crippen LogP contribution in [0.15, 0.2) is 42.5 Å². The Hall–Kier alpha value is -2.47. The Morgan fingerprint density at radius 3 is 1.18 bits per heavy atom. The molecule has 3 aromatic rings. The zero-order valence-corrected chi connectivity index (χ0v) is 28.6. The summed E-state index contributed by atoms with van der Waals surface area (Å²) in [6.07, 6.45) is 0. The first-order valence-corrected chi connectivity index (χ1v) is 19.5. The maximum Gasteiger partial charge on any atom is 0.146 e. The lowest BCUT2D eigenvalue weighted by Crippen LogP contribution is -2.43. The van der Waals surface area contributed by atoms with Crippen LogP contribution < -0.4 is 5.73 Å². The highest BCUT2D eigenvalue weighted by Gasteiger charge is 2.42. The zero-order valence-electron chi connectivity index (χ0n) is 26.6. The van der Waals surface area contributed by atoms with Gasteiger partial charge in [-0.3, -0.25) is 0 Å². The third-order valence-electron chi connectivity index (χ3n) is 9.59. The van der Waals surface area contributed by atoms with Crippen molar-refractivity contribution in [3.63, 3.8) is 0 Å². The van der Waals surface area contributed by atoms with E-state index in [0.717, 1.165) is 22.2 Å². The molecule has 3 heteroatoms. The van der Waals surface area contributed by atoms with E-state index in [1.807, 2.05) is 6.07 Å². The highest BCUT2D eigenvalue weighted by molar-refractivity contribution is 6.91. The van der Waals surface area contributed by atoms with E-state index in [0.29, 0.717) is 33.2 Å². The monoisotopic (exact) mass is 553 g/mol. The lowest BCUT2D eigenvalue weighted by atomic mass is 9.92. The third-order valence-corrected chi connectivity index (χ3v) is 22.2. The molecule has 3 rings (SSSR count).